The van der Waals surface area contributed by atoms with E-state index in [0.29, 0.717) is 31.7 Å². The third kappa shape index (κ3) is 5.16. The number of hydrogen-bond donors (Lipinski definition) is 1. The summed E-state index contributed by atoms with van der Waals surface area (Å²) in [4.78, 5) is 12.9. The summed E-state index contributed by atoms with van der Waals surface area (Å²) in [6.45, 7) is 3.24. The molecule has 0 saturated carbocycles. The Morgan fingerprint density at radius 1 is 1.17 bits per heavy atom. The van der Waals surface area contributed by atoms with Gasteiger partial charge in [-0.3, -0.25) is 4.79 Å². The van der Waals surface area contributed by atoms with Crippen LogP contribution < -0.4 is 10.1 Å². The maximum Gasteiger partial charge on any atom is 0.243 e. The standard InChI is InChI=1S/C22H28N2O4S/c1-17(18-7-4-3-5-8-18)15-23-22(25)19-9-6-14-24(16-19)29(26,27)21-12-10-20(28-2)11-13-21/h3-5,7-8,10-13,17,19H,6,9,14-16H2,1-2H3,(H,23,25)/t17-,19+/m0/s1. The van der Waals surface area contributed by atoms with Gasteiger partial charge in [-0.25, -0.2) is 8.42 Å². The molecule has 0 radical (unpaired) electrons. The van der Waals surface area contributed by atoms with Crippen LogP contribution in [0, 0.1) is 5.92 Å². The molecule has 2 atom stereocenters. The van der Waals surface area contributed by atoms with Crippen molar-refractivity contribution in [2.45, 2.75) is 30.6 Å². The van der Waals surface area contributed by atoms with Crippen molar-refractivity contribution < 1.29 is 17.9 Å². The number of carbonyl (C=O) groups is 1. The molecular weight excluding hydrogens is 388 g/mol. The molecule has 1 N–H and O–H groups in total. The lowest BCUT2D eigenvalue weighted by Gasteiger charge is -2.31. The zero-order chi connectivity index (χ0) is 20.9. The van der Waals surface area contributed by atoms with Crippen LogP contribution in [0.5, 0.6) is 5.75 Å². The Morgan fingerprint density at radius 2 is 1.86 bits per heavy atom. The van der Waals surface area contributed by atoms with Crippen LogP contribution in [0.15, 0.2) is 59.5 Å². The van der Waals surface area contributed by atoms with E-state index in [1.165, 1.54) is 17.0 Å². The Morgan fingerprint density at radius 3 is 2.52 bits per heavy atom. The van der Waals surface area contributed by atoms with Gasteiger partial charge in [0.05, 0.1) is 17.9 Å². The van der Waals surface area contributed by atoms with Crippen LogP contribution in [0.3, 0.4) is 0 Å². The number of nitrogens with zero attached hydrogens (tertiary/aromatic N) is 1. The molecule has 3 rings (SSSR count). The van der Waals surface area contributed by atoms with Gasteiger partial charge in [-0.2, -0.15) is 4.31 Å². The number of methoxy groups -OCH3 is 1. The second-order valence-electron chi connectivity index (χ2n) is 7.43. The summed E-state index contributed by atoms with van der Waals surface area (Å²) >= 11 is 0. The lowest BCUT2D eigenvalue weighted by atomic mass is 9.97. The molecule has 2 aromatic carbocycles. The van der Waals surface area contributed by atoms with Gasteiger partial charge in [0.25, 0.3) is 0 Å². The van der Waals surface area contributed by atoms with Crippen LogP contribution >= 0.6 is 0 Å². The maximum absolute atomic E-state index is 13.0. The smallest absolute Gasteiger partial charge is 0.243 e. The van der Waals surface area contributed by atoms with E-state index in [4.69, 9.17) is 4.74 Å². The van der Waals surface area contributed by atoms with Crippen molar-refractivity contribution in [2.75, 3.05) is 26.7 Å². The van der Waals surface area contributed by atoms with Crippen LogP contribution in [0.4, 0.5) is 0 Å². The molecule has 29 heavy (non-hydrogen) atoms. The number of rotatable bonds is 7. The Balaban J connectivity index is 1.61. The fourth-order valence-electron chi connectivity index (χ4n) is 3.57. The first kappa shape index (κ1) is 21.3. The first-order chi connectivity index (χ1) is 13.9. The molecule has 6 nitrogen and oxygen atoms in total. The molecule has 0 aromatic heterocycles. The van der Waals surface area contributed by atoms with Crippen molar-refractivity contribution in [3.05, 3.63) is 60.2 Å². The van der Waals surface area contributed by atoms with Crippen molar-refractivity contribution in [1.82, 2.24) is 9.62 Å². The summed E-state index contributed by atoms with van der Waals surface area (Å²) in [5.74, 6) is 0.386. The Hall–Kier alpha value is -2.38. The third-order valence-electron chi connectivity index (χ3n) is 5.40. The molecule has 1 saturated heterocycles. The molecule has 7 heteroatoms. The van der Waals surface area contributed by atoms with Crippen LogP contribution in [0.2, 0.25) is 0 Å². The quantitative estimate of drug-likeness (QED) is 0.753. The van der Waals surface area contributed by atoms with Crippen molar-refractivity contribution in [3.63, 3.8) is 0 Å². The fraction of sp³-hybridized carbons (Fsp3) is 0.409. The van der Waals surface area contributed by atoms with Gasteiger partial charge in [0.1, 0.15) is 5.75 Å². The Labute approximate surface area is 172 Å². The van der Waals surface area contributed by atoms with E-state index in [-0.39, 0.29) is 29.2 Å². The largest absolute Gasteiger partial charge is 0.497 e. The third-order valence-corrected chi connectivity index (χ3v) is 7.28. The van der Waals surface area contributed by atoms with Crippen molar-refractivity contribution in [1.29, 1.82) is 0 Å². The fourth-order valence-corrected chi connectivity index (χ4v) is 5.09. The highest BCUT2D eigenvalue weighted by Crippen LogP contribution is 2.25. The Kier molecular flexibility index (Phi) is 6.92. The number of ether oxygens (including phenoxy) is 1. The lowest BCUT2D eigenvalue weighted by Crippen LogP contribution is -2.45. The molecule has 156 valence electrons. The highest BCUT2D eigenvalue weighted by molar-refractivity contribution is 7.89. The molecule has 1 fully saturated rings. The molecular formula is C22H28N2O4S. The second kappa shape index (κ2) is 9.41. The summed E-state index contributed by atoms with van der Waals surface area (Å²) in [6.07, 6.45) is 1.36. The SMILES string of the molecule is COc1ccc(S(=O)(=O)N2CCC[C@@H](C(=O)NC[C@H](C)c3ccccc3)C2)cc1. The molecule has 1 aliphatic heterocycles. The van der Waals surface area contributed by atoms with E-state index in [2.05, 4.69) is 12.2 Å². The predicted octanol–water partition coefficient (Wildman–Crippen LogP) is 3.02. The number of nitrogens with one attached hydrogen (secondary N) is 1. The van der Waals surface area contributed by atoms with Gasteiger partial charge in [-0.1, -0.05) is 37.3 Å². The molecule has 1 amide bonds. The monoisotopic (exact) mass is 416 g/mol. The highest BCUT2D eigenvalue weighted by Gasteiger charge is 2.33. The average molecular weight is 417 g/mol. The number of piperidine rings is 1. The van der Waals surface area contributed by atoms with Gasteiger partial charge in [-0.15, -0.1) is 0 Å². The van der Waals surface area contributed by atoms with Crippen molar-refractivity contribution in [2.24, 2.45) is 5.92 Å². The highest BCUT2D eigenvalue weighted by atomic mass is 32.2. The zero-order valence-corrected chi connectivity index (χ0v) is 17.7. The second-order valence-corrected chi connectivity index (χ2v) is 9.37. The van der Waals surface area contributed by atoms with Gasteiger partial charge in [-0.05, 0) is 48.6 Å². The summed E-state index contributed by atoms with van der Waals surface area (Å²) in [7, 11) is -2.09. The summed E-state index contributed by atoms with van der Waals surface area (Å²) in [5, 5.41) is 3.00. The minimum absolute atomic E-state index is 0.0811. The number of benzene rings is 2. The normalized spacial score (nSPS) is 18.8. The summed E-state index contributed by atoms with van der Waals surface area (Å²) in [5.41, 5.74) is 1.17. The maximum atomic E-state index is 13.0. The van der Waals surface area contributed by atoms with Crippen LogP contribution in [-0.4, -0.2) is 45.4 Å². The minimum atomic E-state index is -3.63. The minimum Gasteiger partial charge on any atom is -0.497 e. The first-order valence-electron chi connectivity index (χ1n) is 9.88. The molecule has 1 aliphatic rings. The zero-order valence-electron chi connectivity index (χ0n) is 16.9. The first-order valence-corrected chi connectivity index (χ1v) is 11.3. The number of sulfonamides is 1. The van der Waals surface area contributed by atoms with Crippen molar-refractivity contribution in [3.8, 4) is 5.75 Å². The van der Waals surface area contributed by atoms with Crippen LogP contribution in [-0.2, 0) is 14.8 Å². The summed E-state index contributed by atoms with van der Waals surface area (Å²) < 4.78 is 32.4. The van der Waals surface area contributed by atoms with Gasteiger partial charge >= 0.3 is 0 Å². The number of hydrogen-bond acceptors (Lipinski definition) is 4. The van der Waals surface area contributed by atoms with Gasteiger partial charge in [0.2, 0.25) is 15.9 Å². The lowest BCUT2D eigenvalue weighted by molar-refractivity contribution is -0.126. The molecule has 0 spiro atoms. The van der Waals surface area contributed by atoms with E-state index in [0.717, 1.165) is 0 Å². The number of carbonyl (C=O) groups excluding carboxylic acids is 1. The van der Waals surface area contributed by atoms with Crippen LogP contribution in [0.25, 0.3) is 0 Å². The molecule has 0 bridgehead atoms. The van der Waals surface area contributed by atoms with E-state index in [1.54, 1.807) is 24.3 Å². The van der Waals surface area contributed by atoms with Gasteiger partial charge in [0, 0.05) is 19.6 Å². The van der Waals surface area contributed by atoms with Crippen molar-refractivity contribution >= 4 is 15.9 Å². The van der Waals surface area contributed by atoms with Gasteiger partial charge in [0.15, 0.2) is 0 Å². The molecule has 1 heterocycles. The van der Waals surface area contributed by atoms with E-state index < -0.39 is 10.0 Å². The molecule has 2 aromatic rings. The van der Waals surface area contributed by atoms with Gasteiger partial charge < -0.3 is 10.1 Å². The number of amides is 1. The van der Waals surface area contributed by atoms with E-state index in [9.17, 15) is 13.2 Å². The van der Waals surface area contributed by atoms with E-state index in [1.807, 2.05) is 30.3 Å². The molecule has 0 unspecified atom stereocenters. The predicted molar refractivity (Wildman–Crippen MR) is 112 cm³/mol. The summed E-state index contributed by atoms with van der Waals surface area (Å²) in [6, 6.07) is 16.4. The topological polar surface area (TPSA) is 75.7 Å². The van der Waals surface area contributed by atoms with Crippen LogP contribution in [0.1, 0.15) is 31.2 Å². The Bertz CT molecular complexity index is 914. The molecule has 0 aliphatic carbocycles. The average Bonchev–Trinajstić information content (AvgIpc) is 2.78. The van der Waals surface area contributed by atoms with E-state index >= 15 is 0 Å².